The molecule has 0 N–H and O–H groups in total. The van der Waals surface area contributed by atoms with Gasteiger partial charge in [-0.25, -0.2) is 15.0 Å². The SMILES string of the molecule is c1ccc(-c2nc(-c3ccccc3)nc(-c3ccc(-n4c5ccccc5c5c(-c6ccc7oc8ccccc8c7c6)cccc54)c(-c4ccccc4)c3)n2)cc1. The van der Waals surface area contributed by atoms with Crippen LogP contribution >= 0.6 is 0 Å². The maximum atomic E-state index is 6.20. The second-order valence-corrected chi connectivity index (χ2v) is 14.0. The molecule has 11 aromatic rings. The number of aromatic nitrogens is 4. The first kappa shape index (κ1) is 31.9. The number of fused-ring (bicyclic) bond motifs is 6. The smallest absolute Gasteiger partial charge is 0.164 e. The van der Waals surface area contributed by atoms with E-state index < -0.39 is 0 Å². The number of nitrogens with zero attached hydrogens (tertiary/aromatic N) is 4. The topological polar surface area (TPSA) is 56.7 Å². The lowest BCUT2D eigenvalue weighted by Crippen LogP contribution is -2.02. The van der Waals surface area contributed by atoms with E-state index in [4.69, 9.17) is 19.4 Å². The van der Waals surface area contributed by atoms with Gasteiger partial charge in [0.25, 0.3) is 0 Å². The van der Waals surface area contributed by atoms with E-state index in [1.54, 1.807) is 0 Å². The molecule has 262 valence electrons. The van der Waals surface area contributed by atoms with Gasteiger partial charge in [0.2, 0.25) is 0 Å². The fraction of sp³-hybridized carbons (Fsp3) is 0. The standard InChI is InChI=1S/C51H32N4O/c1-4-15-33(16-5-1)41-32-37(51-53-49(34-17-6-2-7-18-34)52-50(54-51)35-19-8-3-9-20-35)27-29-44(41)55-43-24-12-10-22-40(43)48-38(23-14-25-45(48)55)36-28-30-47-42(31-36)39-21-11-13-26-46(39)56-47/h1-32H. The highest BCUT2D eigenvalue weighted by Gasteiger charge is 2.21. The largest absolute Gasteiger partial charge is 0.456 e. The highest BCUT2D eigenvalue weighted by molar-refractivity contribution is 6.17. The van der Waals surface area contributed by atoms with Crippen LogP contribution in [-0.2, 0) is 0 Å². The van der Waals surface area contributed by atoms with E-state index >= 15 is 0 Å². The monoisotopic (exact) mass is 716 g/mol. The quantitative estimate of drug-likeness (QED) is 0.172. The third kappa shape index (κ3) is 5.29. The third-order valence-corrected chi connectivity index (χ3v) is 10.7. The van der Waals surface area contributed by atoms with Crippen molar-refractivity contribution in [3.05, 3.63) is 194 Å². The van der Waals surface area contributed by atoms with Crippen LogP contribution in [0.4, 0.5) is 0 Å². The Morgan fingerprint density at radius 3 is 1.61 bits per heavy atom. The molecule has 0 saturated carbocycles. The molecule has 0 atom stereocenters. The lowest BCUT2D eigenvalue weighted by molar-refractivity contribution is 0.669. The van der Waals surface area contributed by atoms with E-state index in [2.05, 4.69) is 126 Å². The zero-order valence-corrected chi connectivity index (χ0v) is 30.2. The number of rotatable bonds is 6. The van der Waals surface area contributed by atoms with Crippen LogP contribution in [-0.4, -0.2) is 19.5 Å². The number of furan rings is 1. The minimum atomic E-state index is 0.619. The van der Waals surface area contributed by atoms with Crippen molar-refractivity contribution in [3.63, 3.8) is 0 Å². The van der Waals surface area contributed by atoms with Crippen LogP contribution in [0.3, 0.4) is 0 Å². The zero-order chi connectivity index (χ0) is 37.0. The van der Waals surface area contributed by atoms with Crippen LogP contribution in [0.15, 0.2) is 199 Å². The zero-order valence-electron chi connectivity index (χ0n) is 30.2. The Balaban J connectivity index is 1.14. The molecular weight excluding hydrogens is 685 g/mol. The van der Waals surface area contributed by atoms with Gasteiger partial charge in [-0.3, -0.25) is 0 Å². The average molecular weight is 717 g/mol. The molecule has 56 heavy (non-hydrogen) atoms. The highest BCUT2D eigenvalue weighted by Crippen LogP contribution is 2.42. The molecule has 0 spiro atoms. The molecule has 0 aliphatic rings. The maximum absolute atomic E-state index is 6.20. The van der Waals surface area contributed by atoms with Crippen molar-refractivity contribution < 1.29 is 4.42 Å². The van der Waals surface area contributed by atoms with Gasteiger partial charge in [-0.2, -0.15) is 0 Å². The molecule has 3 aromatic heterocycles. The summed E-state index contributed by atoms with van der Waals surface area (Å²) >= 11 is 0. The average Bonchev–Trinajstić information content (AvgIpc) is 3.82. The van der Waals surface area contributed by atoms with E-state index in [1.807, 2.05) is 72.8 Å². The van der Waals surface area contributed by atoms with Crippen molar-refractivity contribution in [2.75, 3.05) is 0 Å². The summed E-state index contributed by atoms with van der Waals surface area (Å²) in [6.45, 7) is 0. The van der Waals surface area contributed by atoms with Crippen molar-refractivity contribution in [3.8, 4) is 62.1 Å². The second kappa shape index (κ2) is 13.0. The van der Waals surface area contributed by atoms with Crippen LogP contribution in [0, 0.1) is 0 Å². The van der Waals surface area contributed by atoms with Crippen LogP contribution in [0.5, 0.6) is 0 Å². The summed E-state index contributed by atoms with van der Waals surface area (Å²) in [4.78, 5) is 15.1. The maximum Gasteiger partial charge on any atom is 0.164 e. The van der Waals surface area contributed by atoms with E-state index in [0.29, 0.717) is 17.5 Å². The fourth-order valence-electron chi connectivity index (χ4n) is 8.07. The summed E-state index contributed by atoms with van der Waals surface area (Å²) in [5.41, 5.74) is 12.4. The van der Waals surface area contributed by atoms with E-state index in [9.17, 15) is 0 Å². The second-order valence-electron chi connectivity index (χ2n) is 14.0. The summed E-state index contributed by atoms with van der Waals surface area (Å²) in [7, 11) is 0. The van der Waals surface area contributed by atoms with E-state index in [1.165, 1.54) is 16.3 Å². The Morgan fingerprint density at radius 2 is 0.893 bits per heavy atom. The van der Waals surface area contributed by atoms with Crippen LogP contribution in [0.1, 0.15) is 0 Å². The Bertz CT molecular complexity index is 3180. The minimum Gasteiger partial charge on any atom is -0.456 e. The number of hydrogen-bond donors (Lipinski definition) is 0. The van der Waals surface area contributed by atoms with Gasteiger partial charge in [0, 0.05) is 43.8 Å². The van der Waals surface area contributed by atoms with Gasteiger partial charge in [-0.15, -0.1) is 0 Å². The summed E-state index contributed by atoms with van der Waals surface area (Å²) in [6, 6.07) is 67.5. The van der Waals surface area contributed by atoms with Crippen molar-refractivity contribution in [1.82, 2.24) is 19.5 Å². The van der Waals surface area contributed by atoms with Crippen LogP contribution in [0.2, 0.25) is 0 Å². The molecule has 0 aliphatic heterocycles. The van der Waals surface area contributed by atoms with E-state index in [0.717, 1.165) is 72.0 Å². The Morgan fingerprint density at radius 1 is 0.339 bits per heavy atom. The summed E-state index contributed by atoms with van der Waals surface area (Å²) in [5.74, 6) is 1.89. The van der Waals surface area contributed by atoms with Gasteiger partial charge < -0.3 is 8.98 Å². The molecule has 0 amide bonds. The molecule has 0 bridgehead atoms. The van der Waals surface area contributed by atoms with Crippen molar-refractivity contribution in [2.24, 2.45) is 0 Å². The first-order valence-electron chi connectivity index (χ1n) is 18.8. The van der Waals surface area contributed by atoms with Gasteiger partial charge in [0.05, 0.1) is 16.7 Å². The molecule has 5 nitrogen and oxygen atoms in total. The molecule has 0 unspecified atom stereocenters. The lowest BCUT2D eigenvalue weighted by atomic mass is 9.98. The number of hydrogen-bond acceptors (Lipinski definition) is 4. The molecule has 0 fully saturated rings. The van der Waals surface area contributed by atoms with Gasteiger partial charge >= 0.3 is 0 Å². The predicted octanol–water partition coefficient (Wildman–Crippen LogP) is 13.2. The van der Waals surface area contributed by atoms with Crippen LogP contribution in [0.25, 0.3) is 106 Å². The third-order valence-electron chi connectivity index (χ3n) is 10.7. The fourth-order valence-corrected chi connectivity index (χ4v) is 8.07. The highest BCUT2D eigenvalue weighted by atomic mass is 16.3. The Kier molecular flexibility index (Phi) is 7.42. The van der Waals surface area contributed by atoms with E-state index in [-0.39, 0.29) is 0 Å². The summed E-state index contributed by atoms with van der Waals surface area (Å²) in [6.07, 6.45) is 0. The molecule has 5 heteroatoms. The molecule has 0 radical (unpaired) electrons. The van der Waals surface area contributed by atoms with Gasteiger partial charge in [-0.05, 0) is 65.2 Å². The minimum absolute atomic E-state index is 0.619. The summed E-state index contributed by atoms with van der Waals surface area (Å²) in [5, 5.41) is 4.63. The molecule has 3 heterocycles. The van der Waals surface area contributed by atoms with Crippen molar-refractivity contribution in [2.45, 2.75) is 0 Å². The molecule has 0 aliphatic carbocycles. The van der Waals surface area contributed by atoms with Crippen LogP contribution < -0.4 is 0 Å². The molecule has 11 rings (SSSR count). The first-order valence-corrected chi connectivity index (χ1v) is 18.8. The predicted molar refractivity (Wildman–Crippen MR) is 229 cm³/mol. The number of para-hydroxylation sites is 2. The Labute approximate surface area is 322 Å². The molecule has 0 saturated heterocycles. The summed E-state index contributed by atoms with van der Waals surface area (Å²) < 4.78 is 8.61. The van der Waals surface area contributed by atoms with Gasteiger partial charge in [0.1, 0.15) is 11.2 Å². The molecule has 8 aromatic carbocycles. The van der Waals surface area contributed by atoms with Crippen molar-refractivity contribution in [1.29, 1.82) is 0 Å². The Hall–Kier alpha value is -7.63. The normalized spacial score (nSPS) is 11.6. The number of benzene rings is 8. The first-order chi connectivity index (χ1) is 27.8. The van der Waals surface area contributed by atoms with Gasteiger partial charge in [-0.1, -0.05) is 146 Å². The lowest BCUT2D eigenvalue weighted by Gasteiger charge is -2.16. The van der Waals surface area contributed by atoms with Gasteiger partial charge in [0.15, 0.2) is 17.5 Å². The molecular formula is C51H32N4O. The van der Waals surface area contributed by atoms with Crippen molar-refractivity contribution >= 4 is 43.7 Å².